The zero-order valence-corrected chi connectivity index (χ0v) is 9.03. The van der Waals surface area contributed by atoms with Gasteiger partial charge in [0.15, 0.2) is 0 Å². The Morgan fingerprint density at radius 1 is 1.57 bits per heavy atom. The maximum absolute atomic E-state index is 10.5. The van der Waals surface area contributed by atoms with Crippen LogP contribution in [0, 0.1) is 17.0 Å². The van der Waals surface area contributed by atoms with Crippen molar-refractivity contribution < 1.29 is 4.92 Å². The molecule has 0 fully saturated rings. The number of halogens is 1. The van der Waals surface area contributed by atoms with Crippen molar-refractivity contribution in [3.8, 4) is 0 Å². The lowest BCUT2D eigenvalue weighted by atomic mass is 10.0. The summed E-state index contributed by atoms with van der Waals surface area (Å²) in [6.45, 7) is 7.42. The minimum Gasteiger partial charge on any atom is -0.258 e. The SMILES string of the molecule is [CH2]C(C=C)c1cc([N+](=O)[O-])ccc1Br. The minimum absolute atomic E-state index is 0.0682. The molecule has 73 valence electrons. The van der Waals surface area contributed by atoms with Crippen molar-refractivity contribution in [3.05, 3.63) is 57.9 Å². The van der Waals surface area contributed by atoms with Crippen LogP contribution in [-0.2, 0) is 0 Å². The van der Waals surface area contributed by atoms with Gasteiger partial charge in [-0.25, -0.2) is 0 Å². The Bertz CT molecular complexity index is 376. The fourth-order valence-corrected chi connectivity index (χ4v) is 1.60. The molecule has 1 radical (unpaired) electrons. The largest absolute Gasteiger partial charge is 0.269 e. The molecule has 1 atom stereocenters. The number of nitro benzene ring substituents is 1. The molecule has 0 amide bonds. The molecular formula is C10H9BrNO2. The van der Waals surface area contributed by atoms with Gasteiger partial charge in [0.25, 0.3) is 5.69 Å². The zero-order chi connectivity index (χ0) is 10.7. The molecule has 4 heteroatoms. The van der Waals surface area contributed by atoms with Crippen molar-refractivity contribution in [2.75, 3.05) is 0 Å². The Kier molecular flexibility index (Phi) is 3.41. The highest BCUT2D eigenvalue weighted by molar-refractivity contribution is 9.10. The molecule has 0 N–H and O–H groups in total. The van der Waals surface area contributed by atoms with Crippen LogP contribution in [0.4, 0.5) is 5.69 Å². The van der Waals surface area contributed by atoms with Gasteiger partial charge in [-0.15, -0.1) is 6.58 Å². The van der Waals surface area contributed by atoms with Gasteiger partial charge in [0.1, 0.15) is 0 Å². The van der Waals surface area contributed by atoms with Crippen molar-refractivity contribution in [1.29, 1.82) is 0 Å². The second kappa shape index (κ2) is 4.37. The van der Waals surface area contributed by atoms with Gasteiger partial charge in [0.2, 0.25) is 0 Å². The minimum atomic E-state index is -0.425. The van der Waals surface area contributed by atoms with Crippen LogP contribution < -0.4 is 0 Å². The molecule has 0 aromatic heterocycles. The van der Waals surface area contributed by atoms with Gasteiger partial charge in [0, 0.05) is 22.5 Å². The molecule has 0 saturated carbocycles. The van der Waals surface area contributed by atoms with Crippen molar-refractivity contribution in [2.24, 2.45) is 0 Å². The molecule has 0 saturated heterocycles. The molecule has 1 aromatic rings. The fourth-order valence-electron chi connectivity index (χ4n) is 1.06. The molecule has 0 aliphatic heterocycles. The summed E-state index contributed by atoms with van der Waals surface area (Å²) in [4.78, 5) is 10.1. The molecule has 0 spiro atoms. The standard InChI is InChI=1S/C10H9BrNO2/c1-3-7(2)9-6-8(12(13)14)4-5-10(9)11/h3-7H,1-2H2. The van der Waals surface area contributed by atoms with E-state index in [0.29, 0.717) is 0 Å². The summed E-state index contributed by atoms with van der Waals surface area (Å²) in [6, 6.07) is 4.60. The monoisotopic (exact) mass is 254 g/mol. The van der Waals surface area contributed by atoms with Gasteiger partial charge >= 0.3 is 0 Å². The van der Waals surface area contributed by atoms with E-state index in [1.54, 1.807) is 12.1 Å². The van der Waals surface area contributed by atoms with Crippen LogP contribution in [0.5, 0.6) is 0 Å². The van der Waals surface area contributed by atoms with Crippen LogP contribution in [0.1, 0.15) is 11.5 Å². The summed E-state index contributed by atoms with van der Waals surface area (Å²) >= 11 is 3.31. The number of hydrogen-bond donors (Lipinski definition) is 0. The highest BCUT2D eigenvalue weighted by Gasteiger charge is 2.12. The Morgan fingerprint density at radius 2 is 2.21 bits per heavy atom. The summed E-state index contributed by atoms with van der Waals surface area (Å²) in [6.07, 6.45) is 1.64. The fraction of sp³-hybridized carbons (Fsp3) is 0.100. The quantitative estimate of drug-likeness (QED) is 0.471. The van der Waals surface area contributed by atoms with Gasteiger partial charge in [-0.3, -0.25) is 10.1 Å². The van der Waals surface area contributed by atoms with E-state index in [0.717, 1.165) is 10.0 Å². The number of non-ortho nitro benzene ring substituents is 1. The molecular weight excluding hydrogens is 246 g/mol. The van der Waals surface area contributed by atoms with Crippen molar-refractivity contribution in [1.82, 2.24) is 0 Å². The smallest absolute Gasteiger partial charge is 0.258 e. The Morgan fingerprint density at radius 3 is 2.71 bits per heavy atom. The average Bonchev–Trinajstić information content (AvgIpc) is 2.17. The summed E-state index contributed by atoms with van der Waals surface area (Å²) in [5.74, 6) is -0.149. The molecule has 14 heavy (non-hydrogen) atoms. The van der Waals surface area contributed by atoms with E-state index in [1.165, 1.54) is 12.1 Å². The van der Waals surface area contributed by atoms with Gasteiger partial charge in [-0.05, 0) is 18.6 Å². The van der Waals surface area contributed by atoms with Crippen LogP contribution in [0.3, 0.4) is 0 Å². The van der Waals surface area contributed by atoms with Crippen molar-refractivity contribution in [2.45, 2.75) is 5.92 Å². The number of nitro groups is 1. The highest BCUT2D eigenvalue weighted by atomic mass is 79.9. The second-order valence-corrected chi connectivity index (χ2v) is 3.66. The molecule has 0 aliphatic rings. The third-order valence-corrected chi connectivity index (χ3v) is 2.60. The lowest BCUT2D eigenvalue weighted by molar-refractivity contribution is -0.384. The Hall–Kier alpha value is -1.16. The Labute approximate surface area is 90.7 Å². The van der Waals surface area contributed by atoms with Crippen LogP contribution in [0.15, 0.2) is 35.3 Å². The maximum atomic E-state index is 10.5. The second-order valence-electron chi connectivity index (χ2n) is 2.81. The molecule has 0 aliphatic carbocycles. The van der Waals surface area contributed by atoms with E-state index < -0.39 is 4.92 Å². The van der Waals surface area contributed by atoms with Crippen molar-refractivity contribution >= 4 is 21.6 Å². The first-order valence-corrected chi connectivity index (χ1v) is 4.75. The zero-order valence-electron chi connectivity index (χ0n) is 7.44. The number of rotatable bonds is 3. The third kappa shape index (κ3) is 2.20. The lowest BCUT2D eigenvalue weighted by Crippen LogP contribution is -1.94. The number of hydrogen-bond acceptors (Lipinski definition) is 2. The topological polar surface area (TPSA) is 43.1 Å². The lowest BCUT2D eigenvalue weighted by Gasteiger charge is -2.07. The van der Waals surface area contributed by atoms with E-state index >= 15 is 0 Å². The van der Waals surface area contributed by atoms with Crippen LogP contribution >= 0.6 is 15.9 Å². The third-order valence-electron chi connectivity index (χ3n) is 1.87. The van der Waals surface area contributed by atoms with Gasteiger partial charge in [0.05, 0.1) is 4.92 Å². The summed E-state index contributed by atoms with van der Waals surface area (Å²) in [7, 11) is 0. The number of benzene rings is 1. The summed E-state index contributed by atoms with van der Waals surface area (Å²) in [5, 5.41) is 10.5. The maximum Gasteiger partial charge on any atom is 0.269 e. The van der Waals surface area contributed by atoms with Gasteiger partial charge in [-0.1, -0.05) is 22.0 Å². The number of allylic oxidation sites excluding steroid dienone is 1. The highest BCUT2D eigenvalue weighted by Crippen LogP contribution is 2.28. The van der Waals surface area contributed by atoms with E-state index in [4.69, 9.17) is 0 Å². The van der Waals surface area contributed by atoms with Crippen LogP contribution in [0.2, 0.25) is 0 Å². The first-order chi connectivity index (χ1) is 6.56. The number of nitrogens with zero attached hydrogens (tertiary/aromatic N) is 1. The van der Waals surface area contributed by atoms with Crippen LogP contribution in [0.25, 0.3) is 0 Å². The Balaban J connectivity index is 3.20. The van der Waals surface area contributed by atoms with E-state index in [9.17, 15) is 10.1 Å². The molecule has 1 unspecified atom stereocenters. The first kappa shape index (κ1) is 10.9. The van der Waals surface area contributed by atoms with Crippen molar-refractivity contribution in [3.63, 3.8) is 0 Å². The predicted molar refractivity (Wildman–Crippen MR) is 59.1 cm³/mol. The molecule has 1 aromatic carbocycles. The van der Waals surface area contributed by atoms with E-state index in [2.05, 4.69) is 29.4 Å². The average molecular weight is 255 g/mol. The molecule has 0 heterocycles. The summed E-state index contributed by atoms with van der Waals surface area (Å²) < 4.78 is 0.808. The normalized spacial score (nSPS) is 12.1. The van der Waals surface area contributed by atoms with Gasteiger partial charge in [-0.2, -0.15) is 0 Å². The first-order valence-electron chi connectivity index (χ1n) is 3.95. The summed E-state index contributed by atoms with van der Waals surface area (Å²) in [5.41, 5.74) is 0.841. The van der Waals surface area contributed by atoms with E-state index in [1.807, 2.05) is 0 Å². The van der Waals surface area contributed by atoms with Crippen LogP contribution in [-0.4, -0.2) is 4.92 Å². The van der Waals surface area contributed by atoms with Gasteiger partial charge < -0.3 is 0 Å². The van der Waals surface area contributed by atoms with E-state index in [-0.39, 0.29) is 11.6 Å². The molecule has 3 nitrogen and oxygen atoms in total. The molecule has 0 bridgehead atoms. The predicted octanol–water partition coefficient (Wildman–Crippen LogP) is 3.46. The molecule has 1 rings (SSSR count).